The van der Waals surface area contributed by atoms with E-state index in [0.29, 0.717) is 0 Å². The van der Waals surface area contributed by atoms with Crippen LogP contribution >= 0.6 is 67.8 Å². The van der Waals surface area contributed by atoms with Crippen molar-refractivity contribution < 1.29 is 0 Å². The first-order valence-electron chi connectivity index (χ1n) is 6.44. The molecule has 0 saturated carbocycles. The summed E-state index contributed by atoms with van der Waals surface area (Å²) in [5.41, 5.74) is 5.09. The van der Waals surface area contributed by atoms with Gasteiger partial charge in [-0.25, -0.2) is 0 Å². The maximum atomic E-state index is 2.40. The van der Waals surface area contributed by atoms with Crippen molar-refractivity contribution in [3.63, 3.8) is 0 Å². The second kappa shape index (κ2) is 6.95. The van der Waals surface area contributed by atoms with Crippen LogP contribution < -0.4 is 0 Å². The molecule has 0 fully saturated rings. The van der Waals surface area contributed by atoms with E-state index in [1.54, 1.807) is 0 Å². The van der Waals surface area contributed by atoms with E-state index in [4.69, 9.17) is 0 Å². The first kappa shape index (κ1) is 15.7. The molecular formula is C18H11I3. The van der Waals surface area contributed by atoms with Gasteiger partial charge < -0.3 is 0 Å². The lowest BCUT2D eigenvalue weighted by Crippen LogP contribution is -1.85. The number of benzene rings is 3. The van der Waals surface area contributed by atoms with E-state index < -0.39 is 0 Å². The number of rotatable bonds is 2. The summed E-state index contributed by atoms with van der Waals surface area (Å²) in [6.07, 6.45) is 0. The maximum absolute atomic E-state index is 2.40. The molecule has 3 aromatic carbocycles. The first-order valence-corrected chi connectivity index (χ1v) is 9.68. The van der Waals surface area contributed by atoms with E-state index in [2.05, 4.69) is 135 Å². The quantitative estimate of drug-likeness (QED) is 0.280. The van der Waals surface area contributed by atoms with E-state index in [0.717, 1.165) is 0 Å². The zero-order valence-electron chi connectivity index (χ0n) is 11.0. The molecule has 0 bridgehead atoms. The van der Waals surface area contributed by atoms with Crippen LogP contribution in [0.5, 0.6) is 0 Å². The lowest BCUT2D eigenvalue weighted by molar-refractivity contribution is 1.54. The number of halogens is 3. The molecule has 0 aliphatic heterocycles. The molecule has 0 aliphatic rings. The minimum absolute atomic E-state index is 1.26. The molecule has 0 N–H and O–H groups in total. The molecule has 21 heavy (non-hydrogen) atoms. The third kappa shape index (κ3) is 3.98. The molecule has 104 valence electrons. The van der Waals surface area contributed by atoms with Gasteiger partial charge in [0.2, 0.25) is 0 Å². The summed E-state index contributed by atoms with van der Waals surface area (Å²) in [7, 11) is 0. The molecule has 0 aliphatic carbocycles. The standard InChI is InChI=1S/C18H11I3/c19-16-5-1-3-12(8-16)14-7-15(11-18(21)10-14)13-4-2-6-17(20)9-13/h1-11H. The van der Waals surface area contributed by atoms with Gasteiger partial charge in [0.1, 0.15) is 0 Å². The van der Waals surface area contributed by atoms with Crippen molar-refractivity contribution in [3.8, 4) is 22.3 Å². The fourth-order valence-corrected chi connectivity index (χ4v) is 4.02. The van der Waals surface area contributed by atoms with Crippen molar-refractivity contribution in [3.05, 3.63) is 77.4 Å². The second-order valence-electron chi connectivity index (χ2n) is 4.75. The molecule has 0 aromatic heterocycles. The molecule has 0 spiro atoms. The summed E-state index contributed by atoms with van der Waals surface area (Å²) in [6, 6.07) is 24.0. The predicted octanol–water partition coefficient (Wildman–Crippen LogP) is 6.83. The topological polar surface area (TPSA) is 0 Å². The van der Waals surface area contributed by atoms with Gasteiger partial charge in [0, 0.05) is 10.7 Å². The zero-order valence-corrected chi connectivity index (χ0v) is 17.5. The highest BCUT2D eigenvalue weighted by Crippen LogP contribution is 2.30. The van der Waals surface area contributed by atoms with Gasteiger partial charge in [0.05, 0.1) is 0 Å². The van der Waals surface area contributed by atoms with Crippen molar-refractivity contribution in [2.24, 2.45) is 0 Å². The van der Waals surface area contributed by atoms with Gasteiger partial charge >= 0.3 is 0 Å². The lowest BCUT2D eigenvalue weighted by Gasteiger charge is -2.09. The molecule has 0 amide bonds. The van der Waals surface area contributed by atoms with Gasteiger partial charge in [-0.05, 0) is 132 Å². The van der Waals surface area contributed by atoms with E-state index in [1.165, 1.54) is 33.0 Å². The third-order valence-corrected chi connectivity index (χ3v) is 5.18. The molecule has 0 radical (unpaired) electrons. The largest absolute Gasteiger partial charge is 0.0606 e. The van der Waals surface area contributed by atoms with Crippen LogP contribution in [-0.4, -0.2) is 0 Å². The van der Waals surface area contributed by atoms with Crippen molar-refractivity contribution in [1.29, 1.82) is 0 Å². The van der Waals surface area contributed by atoms with Crippen LogP contribution in [0.2, 0.25) is 0 Å². The molecule has 0 unspecified atom stereocenters. The minimum atomic E-state index is 1.26. The zero-order chi connectivity index (χ0) is 14.8. The van der Waals surface area contributed by atoms with Crippen molar-refractivity contribution in [2.45, 2.75) is 0 Å². The molecule has 0 saturated heterocycles. The maximum Gasteiger partial charge on any atom is 0.0142 e. The Morgan fingerprint density at radius 3 is 1.29 bits per heavy atom. The fraction of sp³-hybridized carbons (Fsp3) is 0. The normalized spacial score (nSPS) is 10.6. The number of hydrogen-bond acceptors (Lipinski definition) is 0. The molecule has 3 heteroatoms. The van der Waals surface area contributed by atoms with Gasteiger partial charge in [-0.1, -0.05) is 24.3 Å². The van der Waals surface area contributed by atoms with Gasteiger partial charge in [-0.15, -0.1) is 0 Å². The SMILES string of the molecule is Ic1cccc(-c2cc(I)cc(-c3cccc(I)c3)c2)c1. The Kier molecular flexibility index (Phi) is 5.21. The molecule has 0 atom stereocenters. The smallest absolute Gasteiger partial charge is 0.0142 e. The van der Waals surface area contributed by atoms with Crippen molar-refractivity contribution in [1.82, 2.24) is 0 Å². The summed E-state index contributed by atoms with van der Waals surface area (Å²) in [5.74, 6) is 0. The summed E-state index contributed by atoms with van der Waals surface area (Å²) >= 11 is 7.12. The lowest BCUT2D eigenvalue weighted by atomic mass is 9.99. The second-order valence-corrected chi connectivity index (χ2v) is 8.49. The van der Waals surface area contributed by atoms with Crippen molar-refractivity contribution >= 4 is 67.8 Å². The van der Waals surface area contributed by atoms with Crippen LogP contribution in [0.4, 0.5) is 0 Å². The Morgan fingerprint density at radius 2 is 0.857 bits per heavy atom. The Bertz CT molecular complexity index is 730. The van der Waals surface area contributed by atoms with Gasteiger partial charge in [-0.3, -0.25) is 0 Å². The average molecular weight is 608 g/mol. The molecule has 0 heterocycles. The Balaban J connectivity index is 2.12. The Morgan fingerprint density at radius 1 is 0.429 bits per heavy atom. The predicted molar refractivity (Wildman–Crippen MR) is 115 cm³/mol. The average Bonchev–Trinajstić information content (AvgIpc) is 2.46. The van der Waals surface area contributed by atoms with Crippen LogP contribution in [0.3, 0.4) is 0 Å². The Labute approximate surface area is 165 Å². The van der Waals surface area contributed by atoms with Crippen LogP contribution in [-0.2, 0) is 0 Å². The van der Waals surface area contributed by atoms with Gasteiger partial charge in [0.15, 0.2) is 0 Å². The summed E-state index contributed by atoms with van der Waals surface area (Å²) in [5, 5.41) is 0. The van der Waals surface area contributed by atoms with E-state index in [1.807, 2.05) is 0 Å². The first-order chi connectivity index (χ1) is 10.1. The molecule has 0 nitrogen and oxygen atoms in total. The monoisotopic (exact) mass is 608 g/mol. The molecule has 3 rings (SSSR count). The van der Waals surface area contributed by atoms with E-state index in [-0.39, 0.29) is 0 Å². The summed E-state index contributed by atoms with van der Waals surface area (Å²) < 4.78 is 3.79. The third-order valence-electron chi connectivity index (χ3n) is 3.21. The molecular weight excluding hydrogens is 597 g/mol. The summed E-state index contributed by atoms with van der Waals surface area (Å²) in [4.78, 5) is 0. The van der Waals surface area contributed by atoms with Crippen LogP contribution in [0.15, 0.2) is 66.7 Å². The van der Waals surface area contributed by atoms with Gasteiger partial charge in [0.25, 0.3) is 0 Å². The van der Waals surface area contributed by atoms with Crippen LogP contribution in [0.1, 0.15) is 0 Å². The van der Waals surface area contributed by atoms with Crippen LogP contribution in [0.25, 0.3) is 22.3 Å². The highest BCUT2D eigenvalue weighted by Gasteiger charge is 2.05. The van der Waals surface area contributed by atoms with Crippen molar-refractivity contribution in [2.75, 3.05) is 0 Å². The number of hydrogen-bond donors (Lipinski definition) is 0. The minimum Gasteiger partial charge on any atom is -0.0606 e. The summed E-state index contributed by atoms with van der Waals surface area (Å²) in [6.45, 7) is 0. The fourth-order valence-electron chi connectivity index (χ4n) is 2.26. The highest BCUT2D eigenvalue weighted by atomic mass is 127. The van der Waals surface area contributed by atoms with Gasteiger partial charge in [-0.2, -0.15) is 0 Å². The molecule has 3 aromatic rings. The van der Waals surface area contributed by atoms with E-state index >= 15 is 0 Å². The Hall–Kier alpha value is -0.150. The van der Waals surface area contributed by atoms with Crippen LogP contribution in [0, 0.1) is 10.7 Å². The highest BCUT2D eigenvalue weighted by molar-refractivity contribution is 14.1. The van der Waals surface area contributed by atoms with E-state index in [9.17, 15) is 0 Å².